The number of hydrogen-bond acceptors (Lipinski definition) is 1. The van der Waals surface area contributed by atoms with Gasteiger partial charge in [0.05, 0.1) is 10.7 Å². The van der Waals surface area contributed by atoms with Crippen molar-refractivity contribution in [2.75, 3.05) is 11.4 Å². The number of amides is 1. The zero-order valence-electron chi connectivity index (χ0n) is 9.24. The van der Waals surface area contributed by atoms with Gasteiger partial charge in [-0.05, 0) is 18.6 Å². The molecule has 0 N–H and O–H groups in total. The fraction of sp³-hybridized carbons (Fsp3) is 0.308. The summed E-state index contributed by atoms with van der Waals surface area (Å²) < 4.78 is 0. The second kappa shape index (κ2) is 4.30. The second-order valence-corrected chi connectivity index (χ2v) is 4.49. The van der Waals surface area contributed by atoms with E-state index in [0.29, 0.717) is 18.0 Å². The number of halogens is 1. The van der Waals surface area contributed by atoms with Crippen molar-refractivity contribution in [1.29, 1.82) is 0 Å². The maximum absolute atomic E-state index is 11.8. The lowest BCUT2D eigenvalue weighted by Gasteiger charge is -2.18. The van der Waals surface area contributed by atoms with Crippen LogP contribution in [-0.2, 0) is 4.79 Å². The molecule has 1 fully saturated rings. The number of carbonyl (C=O) groups is 1. The van der Waals surface area contributed by atoms with Crippen molar-refractivity contribution in [2.24, 2.45) is 5.92 Å². The van der Waals surface area contributed by atoms with Gasteiger partial charge in [-0.25, -0.2) is 0 Å². The van der Waals surface area contributed by atoms with Gasteiger partial charge < -0.3 is 4.90 Å². The lowest BCUT2D eigenvalue weighted by Crippen LogP contribution is -2.24. The third kappa shape index (κ3) is 1.85. The number of hydrogen-bond donors (Lipinski definition) is 0. The van der Waals surface area contributed by atoms with Crippen LogP contribution in [0.15, 0.2) is 30.9 Å². The van der Waals surface area contributed by atoms with Crippen LogP contribution in [0.2, 0.25) is 5.02 Å². The number of aryl methyl sites for hydroxylation is 1. The normalized spacial score (nSPS) is 20.2. The molecule has 3 heteroatoms. The quantitative estimate of drug-likeness (QED) is 0.721. The fourth-order valence-electron chi connectivity index (χ4n) is 1.97. The summed E-state index contributed by atoms with van der Waals surface area (Å²) in [6.45, 7) is 6.36. The molecule has 1 aromatic rings. The summed E-state index contributed by atoms with van der Waals surface area (Å²) in [6, 6.07) is 5.75. The highest BCUT2D eigenvalue weighted by Gasteiger charge is 2.29. The lowest BCUT2D eigenvalue weighted by atomic mass is 10.1. The third-order valence-electron chi connectivity index (χ3n) is 2.95. The molecular formula is C13H14ClNO. The minimum absolute atomic E-state index is 0.123. The van der Waals surface area contributed by atoms with Crippen LogP contribution in [0, 0.1) is 12.8 Å². The zero-order chi connectivity index (χ0) is 11.7. The van der Waals surface area contributed by atoms with Crippen LogP contribution < -0.4 is 4.90 Å². The van der Waals surface area contributed by atoms with Crippen LogP contribution in [0.3, 0.4) is 0 Å². The average molecular weight is 236 g/mol. The van der Waals surface area contributed by atoms with E-state index in [4.69, 9.17) is 11.6 Å². The van der Waals surface area contributed by atoms with Crippen molar-refractivity contribution >= 4 is 23.2 Å². The van der Waals surface area contributed by atoms with Gasteiger partial charge in [0.2, 0.25) is 5.91 Å². The van der Waals surface area contributed by atoms with Crippen molar-refractivity contribution in [3.05, 3.63) is 41.4 Å². The van der Waals surface area contributed by atoms with E-state index in [9.17, 15) is 4.79 Å². The van der Waals surface area contributed by atoms with Crippen molar-refractivity contribution in [3.8, 4) is 0 Å². The van der Waals surface area contributed by atoms with E-state index in [0.717, 1.165) is 11.3 Å². The monoisotopic (exact) mass is 235 g/mol. The molecule has 1 saturated heterocycles. The minimum atomic E-state index is 0.123. The standard InChI is InChI=1S/C13H14ClNO/c1-3-10-7-12(16)15(8-10)11-6-4-5-9(2)13(11)14/h3-6,10H,1,7-8H2,2H3. The highest BCUT2D eigenvalue weighted by atomic mass is 35.5. The van der Waals surface area contributed by atoms with Crippen LogP contribution in [0.5, 0.6) is 0 Å². The van der Waals surface area contributed by atoms with Gasteiger partial charge in [0.25, 0.3) is 0 Å². The molecule has 1 aliphatic heterocycles. The third-order valence-corrected chi connectivity index (χ3v) is 3.44. The summed E-state index contributed by atoms with van der Waals surface area (Å²) in [5.41, 5.74) is 1.81. The Morgan fingerprint density at radius 1 is 1.56 bits per heavy atom. The summed E-state index contributed by atoms with van der Waals surface area (Å²) in [4.78, 5) is 13.6. The molecule has 1 unspecified atom stereocenters. The smallest absolute Gasteiger partial charge is 0.227 e. The molecule has 1 aliphatic rings. The number of anilines is 1. The summed E-state index contributed by atoms with van der Waals surface area (Å²) in [5, 5.41) is 0.667. The molecule has 0 radical (unpaired) electrons. The molecule has 0 aromatic heterocycles. The van der Waals surface area contributed by atoms with Crippen molar-refractivity contribution < 1.29 is 4.79 Å². The number of nitrogens with zero attached hydrogens (tertiary/aromatic N) is 1. The first kappa shape index (κ1) is 11.2. The molecule has 2 rings (SSSR count). The molecule has 0 aliphatic carbocycles. The summed E-state index contributed by atoms with van der Waals surface area (Å²) in [5.74, 6) is 0.362. The Morgan fingerprint density at radius 2 is 2.31 bits per heavy atom. The highest BCUT2D eigenvalue weighted by Crippen LogP contribution is 2.33. The van der Waals surface area contributed by atoms with Crippen LogP contribution in [0.1, 0.15) is 12.0 Å². The predicted molar refractivity (Wildman–Crippen MR) is 66.8 cm³/mol. The van der Waals surface area contributed by atoms with Gasteiger partial charge in [-0.3, -0.25) is 4.79 Å². The van der Waals surface area contributed by atoms with Crippen LogP contribution in [0.25, 0.3) is 0 Å². The Hall–Kier alpha value is -1.28. The molecule has 84 valence electrons. The van der Waals surface area contributed by atoms with E-state index in [1.165, 1.54) is 0 Å². The summed E-state index contributed by atoms with van der Waals surface area (Å²) in [6.07, 6.45) is 2.37. The Kier molecular flexibility index (Phi) is 3.01. The maximum Gasteiger partial charge on any atom is 0.227 e. The Bertz CT molecular complexity index is 442. The Balaban J connectivity index is 2.35. The van der Waals surface area contributed by atoms with Gasteiger partial charge in [0.15, 0.2) is 0 Å². The van der Waals surface area contributed by atoms with Crippen molar-refractivity contribution in [3.63, 3.8) is 0 Å². The first-order valence-corrected chi connectivity index (χ1v) is 5.69. The molecule has 1 atom stereocenters. The number of benzene rings is 1. The summed E-state index contributed by atoms with van der Waals surface area (Å²) in [7, 11) is 0. The molecule has 2 nitrogen and oxygen atoms in total. The fourth-order valence-corrected chi connectivity index (χ4v) is 2.19. The highest BCUT2D eigenvalue weighted by molar-refractivity contribution is 6.34. The van der Waals surface area contributed by atoms with Crippen molar-refractivity contribution in [2.45, 2.75) is 13.3 Å². The van der Waals surface area contributed by atoms with E-state index in [2.05, 4.69) is 6.58 Å². The minimum Gasteiger partial charge on any atom is -0.310 e. The van der Waals surface area contributed by atoms with Gasteiger partial charge in [0.1, 0.15) is 0 Å². The lowest BCUT2D eigenvalue weighted by molar-refractivity contribution is -0.117. The van der Waals surface area contributed by atoms with E-state index in [1.807, 2.05) is 31.2 Å². The van der Waals surface area contributed by atoms with E-state index in [1.54, 1.807) is 4.90 Å². The topological polar surface area (TPSA) is 20.3 Å². The van der Waals surface area contributed by atoms with Gasteiger partial charge in [-0.1, -0.05) is 29.8 Å². The van der Waals surface area contributed by atoms with Crippen LogP contribution in [-0.4, -0.2) is 12.5 Å². The SMILES string of the molecule is C=CC1CC(=O)N(c2cccc(C)c2Cl)C1. The number of rotatable bonds is 2. The zero-order valence-corrected chi connectivity index (χ0v) is 10.00. The Labute approximate surface area is 101 Å². The average Bonchev–Trinajstić information content (AvgIpc) is 2.64. The first-order chi connectivity index (χ1) is 7.63. The van der Waals surface area contributed by atoms with Crippen LogP contribution >= 0.6 is 11.6 Å². The first-order valence-electron chi connectivity index (χ1n) is 5.31. The van der Waals surface area contributed by atoms with Crippen LogP contribution in [0.4, 0.5) is 5.69 Å². The van der Waals surface area contributed by atoms with Crippen molar-refractivity contribution in [1.82, 2.24) is 0 Å². The molecule has 0 bridgehead atoms. The molecular weight excluding hydrogens is 222 g/mol. The molecule has 0 spiro atoms. The predicted octanol–water partition coefficient (Wildman–Crippen LogP) is 3.19. The molecule has 1 amide bonds. The Morgan fingerprint density at radius 3 is 2.94 bits per heavy atom. The molecule has 1 heterocycles. The second-order valence-electron chi connectivity index (χ2n) is 4.11. The molecule has 0 saturated carbocycles. The van der Waals surface area contributed by atoms with E-state index >= 15 is 0 Å². The largest absolute Gasteiger partial charge is 0.310 e. The van der Waals surface area contributed by atoms with Gasteiger partial charge in [-0.15, -0.1) is 6.58 Å². The molecule has 16 heavy (non-hydrogen) atoms. The van der Waals surface area contributed by atoms with E-state index in [-0.39, 0.29) is 11.8 Å². The number of carbonyl (C=O) groups excluding carboxylic acids is 1. The van der Waals surface area contributed by atoms with Gasteiger partial charge in [0, 0.05) is 18.9 Å². The maximum atomic E-state index is 11.8. The van der Waals surface area contributed by atoms with E-state index < -0.39 is 0 Å². The molecule has 1 aromatic carbocycles. The van der Waals surface area contributed by atoms with Gasteiger partial charge >= 0.3 is 0 Å². The van der Waals surface area contributed by atoms with Gasteiger partial charge in [-0.2, -0.15) is 0 Å². The summed E-state index contributed by atoms with van der Waals surface area (Å²) >= 11 is 6.21.